The Morgan fingerprint density at radius 1 is 1.37 bits per heavy atom. The molecule has 0 aliphatic rings. The Morgan fingerprint density at radius 3 is 2.74 bits per heavy atom. The van der Waals surface area contributed by atoms with Gasteiger partial charge in [0.15, 0.2) is 0 Å². The van der Waals surface area contributed by atoms with E-state index in [4.69, 9.17) is 10.3 Å². The Bertz CT molecular complexity index is 566. The average Bonchev–Trinajstić information content (AvgIpc) is 2.81. The highest BCUT2D eigenvalue weighted by molar-refractivity contribution is 9.10. The zero-order valence-corrected chi connectivity index (χ0v) is 12.9. The van der Waals surface area contributed by atoms with E-state index in [1.165, 1.54) is 5.56 Å². The molecular formula is C14H18BrN3O. The van der Waals surface area contributed by atoms with Crippen LogP contribution in [0.4, 0.5) is 0 Å². The lowest BCUT2D eigenvalue weighted by Gasteiger charge is -2.08. The Kier molecular flexibility index (Phi) is 4.37. The molecule has 0 spiro atoms. The summed E-state index contributed by atoms with van der Waals surface area (Å²) < 4.78 is 6.28. The van der Waals surface area contributed by atoms with E-state index in [0.717, 1.165) is 16.5 Å². The molecule has 1 aromatic heterocycles. The highest BCUT2D eigenvalue weighted by Gasteiger charge is 2.17. The lowest BCUT2D eigenvalue weighted by atomic mass is 10.0. The van der Waals surface area contributed by atoms with Gasteiger partial charge in [0.2, 0.25) is 11.7 Å². The van der Waals surface area contributed by atoms with Gasteiger partial charge in [0.25, 0.3) is 0 Å². The van der Waals surface area contributed by atoms with Crippen LogP contribution in [0, 0.1) is 12.8 Å². The van der Waals surface area contributed by atoms with Crippen LogP contribution in [0.25, 0.3) is 11.4 Å². The number of nitrogens with two attached hydrogens (primary N) is 1. The molecule has 102 valence electrons. The molecular weight excluding hydrogens is 306 g/mol. The molecule has 0 saturated heterocycles. The molecule has 2 N–H and O–H groups in total. The quantitative estimate of drug-likeness (QED) is 0.927. The molecule has 2 aromatic rings. The maximum absolute atomic E-state index is 6.04. The van der Waals surface area contributed by atoms with Crippen molar-refractivity contribution in [2.45, 2.75) is 33.2 Å². The molecule has 0 bridgehead atoms. The molecule has 19 heavy (non-hydrogen) atoms. The second-order valence-electron chi connectivity index (χ2n) is 5.16. The van der Waals surface area contributed by atoms with Crippen LogP contribution in [0.2, 0.25) is 0 Å². The molecule has 2 rings (SSSR count). The zero-order valence-electron chi connectivity index (χ0n) is 11.4. The summed E-state index contributed by atoms with van der Waals surface area (Å²) in [7, 11) is 0. The van der Waals surface area contributed by atoms with E-state index in [2.05, 4.69) is 39.9 Å². The van der Waals surface area contributed by atoms with Crippen LogP contribution in [0.3, 0.4) is 0 Å². The van der Waals surface area contributed by atoms with Gasteiger partial charge < -0.3 is 10.3 Å². The van der Waals surface area contributed by atoms with Gasteiger partial charge in [-0.15, -0.1) is 0 Å². The maximum atomic E-state index is 6.04. The SMILES string of the molecule is Cc1ccc(-c2noc(C(N)CC(C)C)n2)cc1Br. The summed E-state index contributed by atoms with van der Waals surface area (Å²) in [4.78, 5) is 4.38. The first kappa shape index (κ1) is 14.2. The van der Waals surface area contributed by atoms with Gasteiger partial charge in [-0.1, -0.05) is 47.1 Å². The van der Waals surface area contributed by atoms with Crippen molar-refractivity contribution in [3.8, 4) is 11.4 Å². The number of rotatable bonds is 4. The zero-order chi connectivity index (χ0) is 14.0. The molecule has 0 amide bonds. The van der Waals surface area contributed by atoms with Crippen molar-refractivity contribution in [1.29, 1.82) is 0 Å². The number of aryl methyl sites for hydroxylation is 1. The van der Waals surface area contributed by atoms with Crippen LogP contribution in [-0.4, -0.2) is 10.1 Å². The van der Waals surface area contributed by atoms with E-state index in [0.29, 0.717) is 17.6 Å². The van der Waals surface area contributed by atoms with Gasteiger partial charge in [-0.2, -0.15) is 4.98 Å². The second-order valence-corrected chi connectivity index (χ2v) is 6.01. The van der Waals surface area contributed by atoms with E-state index in [1.807, 2.05) is 25.1 Å². The molecule has 1 heterocycles. The van der Waals surface area contributed by atoms with Crippen molar-refractivity contribution < 1.29 is 4.52 Å². The standard InChI is InChI=1S/C14H18BrN3O/c1-8(2)6-12(16)14-17-13(18-19-14)10-5-4-9(3)11(15)7-10/h4-5,7-8,12H,6,16H2,1-3H3. The van der Waals surface area contributed by atoms with Crippen LogP contribution in [-0.2, 0) is 0 Å². The van der Waals surface area contributed by atoms with Crippen molar-refractivity contribution in [2.24, 2.45) is 11.7 Å². The third-order valence-corrected chi connectivity index (χ3v) is 3.77. The van der Waals surface area contributed by atoms with Crippen LogP contribution < -0.4 is 5.73 Å². The summed E-state index contributed by atoms with van der Waals surface area (Å²) >= 11 is 3.50. The minimum Gasteiger partial charge on any atom is -0.337 e. The average molecular weight is 324 g/mol. The molecule has 0 aliphatic heterocycles. The predicted octanol–water partition coefficient (Wildman–Crippen LogP) is 3.85. The molecule has 0 saturated carbocycles. The lowest BCUT2D eigenvalue weighted by molar-refractivity contribution is 0.335. The predicted molar refractivity (Wildman–Crippen MR) is 78.6 cm³/mol. The van der Waals surface area contributed by atoms with Crippen LogP contribution in [0.5, 0.6) is 0 Å². The summed E-state index contributed by atoms with van der Waals surface area (Å²) in [5.41, 5.74) is 8.13. The molecule has 5 heteroatoms. The van der Waals surface area contributed by atoms with Crippen molar-refractivity contribution >= 4 is 15.9 Å². The number of halogens is 1. The first-order chi connectivity index (χ1) is 8.97. The molecule has 0 radical (unpaired) electrons. The van der Waals surface area contributed by atoms with Gasteiger partial charge in [0, 0.05) is 10.0 Å². The lowest BCUT2D eigenvalue weighted by Crippen LogP contribution is -2.13. The van der Waals surface area contributed by atoms with Gasteiger partial charge >= 0.3 is 0 Å². The largest absolute Gasteiger partial charge is 0.337 e. The van der Waals surface area contributed by atoms with E-state index in [-0.39, 0.29) is 6.04 Å². The Hall–Kier alpha value is -1.20. The minimum atomic E-state index is -0.199. The van der Waals surface area contributed by atoms with Gasteiger partial charge in [-0.05, 0) is 30.9 Å². The van der Waals surface area contributed by atoms with Gasteiger partial charge in [0.05, 0.1) is 6.04 Å². The monoisotopic (exact) mass is 323 g/mol. The van der Waals surface area contributed by atoms with Crippen LogP contribution in [0.15, 0.2) is 27.2 Å². The Morgan fingerprint density at radius 2 is 2.11 bits per heavy atom. The Balaban J connectivity index is 2.22. The molecule has 4 nitrogen and oxygen atoms in total. The number of nitrogens with zero attached hydrogens (tertiary/aromatic N) is 2. The molecule has 1 atom stereocenters. The highest BCUT2D eigenvalue weighted by Crippen LogP contribution is 2.25. The number of hydrogen-bond donors (Lipinski definition) is 1. The normalized spacial score (nSPS) is 12.9. The van der Waals surface area contributed by atoms with Crippen LogP contribution in [0.1, 0.15) is 37.8 Å². The third kappa shape index (κ3) is 3.42. The van der Waals surface area contributed by atoms with Crippen molar-refractivity contribution in [3.05, 3.63) is 34.1 Å². The fourth-order valence-corrected chi connectivity index (χ4v) is 2.22. The van der Waals surface area contributed by atoms with Gasteiger partial charge in [-0.25, -0.2) is 0 Å². The fourth-order valence-electron chi connectivity index (χ4n) is 1.84. The third-order valence-electron chi connectivity index (χ3n) is 2.91. The first-order valence-electron chi connectivity index (χ1n) is 6.33. The van der Waals surface area contributed by atoms with E-state index in [1.54, 1.807) is 0 Å². The molecule has 0 fully saturated rings. The first-order valence-corrected chi connectivity index (χ1v) is 7.12. The van der Waals surface area contributed by atoms with Gasteiger partial charge in [-0.3, -0.25) is 0 Å². The van der Waals surface area contributed by atoms with Crippen molar-refractivity contribution in [1.82, 2.24) is 10.1 Å². The highest BCUT2D eigenvalue weighted by atomic mass is 79.9. The Labute approximate surface area is 121 Å². The molecule has 1 unspecified atom stereocenters. The topological polar surface area (TPSA) is 64.9 Å². The smallest absolute Gasteiger partial charge is 0.243 e. The minimum absolute atomic E-state index is 0.199. The van der Waals surface area contributed by atoms with E-state index < -0.39 is 0 Å². The van der Waals surface area contributed by atoms with E-state index in [9.17, 15) is 0 Å². The summed E-state index contributed by atoms with van der Waals surface area (Å²) in [5, 5.41) is 4.00. The molecule has 1 aromatic carbocycles. The van der Waals surface area contributed by atoms with Crippen molar-refractivity contribution in [3.63, 3.8) is 0 Å². The fraction of sp³-hybridized carbons (Fsp3) is 0.429. The summed E-state index contributed by atoms with van der Waals surface area (Å²) in [6.45, 7) is 6.27. The summed E-state index contributed by atoms with van der Waals surface area (Å²) in [6, 6.07) is 5.78. The number of benzene rings is 1. The summed E-state index contributed by atoms with van der Waals surface area (Å²) in [6.07, 6.45) is 0.833. The van der Waals surface area contributed by atoms with Gasteiger partial charge in [0.1, 0.15) is 0 Å². The van der Waals surface area contributed by atoms with Crippen molar-refractivity contribution in [2.75, 3.05) is 0 Å². The number of hydrogen-bond acceptors (Lipinski definition) is 4. The second kappa shape index (κ2) is 5.84. The maximum Gasteiger partial charge on any atom is 0.243 e. The van der Waals surface area contributed by atoms with Crippen LogP contribution >= 0.6 is 15.9 Å². The van der Waals surface area contributed by atoms with E-state index >= 15 is 0 Å². The number of aromatic nitrogens is 2. The summed E-state index contributed by atoms with van der Waals surface area (Å²) in [5.74, 6) is 1.58. The molecule has 0 aliphatic carbocycles.